The molecular formula is C65H69F5N10O12. The Bertz CT molecular complexity index is 3660. The Balaban J connectivity index is 0.000000264. The predicted molar refractivity (Wildman–Crippen MR) is 326 cm³/mol. The first-order chi connectivity index (χ1) is 44.7. The van der Waals surface area contributed by atoms with Crippen molar-refractivity contribution in [1.29, 1.82) is 10.5 Å². The van der Waals surface area contributed by atoms with E-state index in [1.807, 2.05) is 18.2 Å². The van der Waals surface area contributed by atoms with Crippen LogP contribution < -0.4 is 30.6 Å². The van der Waals surface area contributed by atoms with Crippen LogP contribution in [-0.4, -0.2) is 137 Å². The lowest BCUT2D eigenvalue weighted by Gasteiger charge is -2.30. The van der Waals surface area contributed by atoms with Crippen LogP contribution in [0.5, 0.6) is 23.0 Å². The third-order valence-corrected chi connectivity index (χ3v) is 13.3. The molecule has 0 bridgehead atoms. The summed E-state index contributed by atoms with van der Waals surface area (Å²) >= 11 is 0. The molecule has 27 heteroatoms. The standard InChI is InChI=1S/C24H25FN4O4.C15H18N2O4.C9H11FN2O2.C9H8FNO.C7H4FNO.CH3F/c1-2-32-20-9-8-18(14-19(20)25)22-27-24(33-28-22)17-10-12-29(13-11-17)21(30)15-26-23(31)16-6-4-3-5-7-16;18-13(17-8-6-12(7-9-17)15(20)21)10-16-14(19)11-4-2-1-3-5-11;1-2-14-8-4-3-6(5-7(8)10)9(11)12-13;1-2-12-9-4-3-7(6-11)5-8(9)10;8-6-3-5(4-9)1-2-7(6)10;1-2/h3-9,14,17H,2,10-13,15H2,1H3,(H,26,31);1-5,12H,6-10H2,(H,16,19)(H,20,21);3-5,13H,2H2,1H3,(H2,11,12);3-5H,2H2,1H3;1-3,10H;1H3/i;;;;;1D. The minimum Gasteiger partial charge on any atom is -0.505 e. The summed E-state index contributed by atoms with van der Waals surface area (Å²) < 4.78 is 88.7. The number of carbonyl (C=O) groups is 5. The van der Waals surface area contributed by atoms with Crippen LogP contribution in [0, 0.1) is 51.8 Å². The van der Waals surface area contributed by atoms with Crippen LogP contribution in [0.15, 0.2) is 143 Å². The van der Waals surface area contributed by atoms with Gasteiger partial charge in [0.2, 0.25) is 23.5 Å². The number of carboxylic acids is 1. The first kappa shape index (κ1) is 71.7. The van der Waals surface area contributed by atoms with Gasteiger partial charge < -0.3 is 60.3 Å². The van der Waals surface area contributed by atoms with Crippen molar-refractivity contribution in [2.45, 2.75) is 52.4 Å². The fraction of sp³-hybridized carbons (Fsp3) is 0.292. The van der Waals surface area contributed by atoms with Crippen LogP contribution in [0.3, 0.4) is 0 Å². The van der Waals surface area contributed by atoms with Crippen molar-refractivity contribution < 1.29 is 81.4 Å². The summed E-state index contributed by atoms with van der Waals surface area (Å²) in [5.41, 5.74) is 7.63. The molecule has 0 unspecified atom stereocenters. The summed E-state index contributed by atoms with van der Waals surface area (Å²) in [7, 11) is -1.00. The number of oxime groups is 1. The van der Waals surface area contributed by atoms with Crippen molar-refractivity contribution in [2.24, 2.45) is 16.8 Å². The predicted octanol–water partition coefficient (Wildman–Crippen LogP) is 9.55. The number of benzene rings is 6. The second-order valence-electron chi connectivity index (χ2n) is 19.3. The Labute approximate surface area is 528 Å². The van der Waals surface area contributed by atoms with E-state index in [1.165, 1.54) is 36.4 Å². The van der Waals surface area contributed by atoms with Gasteiger partial charge in [-0.05, 0) is 144 Å². The molecule has 7 aromatic rings. The van der Waals surface area contributed by atoms with E-state index in [1.54, 1.807) is 97.3 Å². The number of aromatic hydroxyl groups is 1. The first-order valence-electron chi connectivity index (χ1n) is 29.1. The highest BCUT2D eigenvalue weighted by molar-refractivity contribution is 5.98. The zero-order valence-electron chi connectivity index (χ0n) is 51.4. The number of rotatable bonds is 16. The number of amidine groups is 1. The lowest BCUT2D eigenvalue weighted by Crippen LogP contribution is -2.45. The van der Waals surface area contributed by atoms with Crippen molar-refractivity contribution in [3.8, 4) is 46.5 Å². The zero-order valence-corrected chi connectivity index (χ0v) is 50.4. The molecular weight excluding hydrogens is 1210 g/mol. The maximum atomic E-state index is 14.1. The van der Waals surface area contributed by atoms with Crippen LogP contribution >= 0.6 is 0 Å². The van der Waals surface area contributed by atoms with Crippen molar-refractivity contribution in [3.05, 3.63) is 190 Å². The quantitative estimate of drug-likeness (QED) is 0.0172. The van der Waals surface area contributed by atoms with Crippen LogP contribution in [-0.2, 0) is 14.4 Å². The highest BCUT2D eigenvalue weighted by atomic mass is 19.1. The SMILES string of the molecule is CCOc1ccc(-c2noc(C3CCN(C(=O)CNC(=O)c4ccccc4)CC3)n2)cc1F.CCOc1ccc(/C(N)=N/O)cc1F.CCOc1ccc(C#N)cc1F.N#Cc1ccc(O)c(F)c1.O=C(NCC(=O)N1CCC(C(=O)O)CC1)c1ccccc1.[2H]CF. The van der Waals surface area contributed by atoms with E-state index in [0.717, 1.165) is 24.3 Å². The minimum atomic E-state index is -1.00. The fourth-order valence-corrected chi connectivity index (χ4v) is 8.51. The summed E-state index contributed by atoms with van der Waals surface area (Å²) in [5, 5.41) is 54.6. The number of aliphatic carboxylic acids is 1. The molecule has 6 aromatic carbocycles. The third-order valence-electron chi connectivity index (χ3n) is 13.3. The normalized spacial score (nSPS) is 12.7. The fourth-order valence-electron chi connectivity index (χ4n) is 8.51. The summed E-state index contributed by atoms with van der Waals surface area (Å²) in [6, 6.07) is 37.3. The van der Waals surface area contributed by atoms with Gasteiger partial charge in [0, 0.05) is 54.4 Å². The number of phenolic OH excluding ortho intramolecular Hbond substituents is 1. The number of ether oxygens (including phenoxy) is 3. The molecule has 2 aliphatic heterocycles. The number of nitrogens with zero attached hydrogens (tertiary/aromatic N) is 7. The number of carboxylic acid groups (broad SMARTS) is 1. The molecule has 486 valence electrons. The van der Waals surface area contributed by atoms with E-state index >= 15 is 0 Å². The molecule has 0 spiro atoms. The van der Waals surface area contributed by atoms with Crippen molar-refractivity contribution in [3.63, 3.8) is 0 Å². The number of amides is 4. The number of carbonyl (C=O) groups excluding carboxylic acids is 4. The number of hydrogen-bond acceptors (Lipinski definition) is 16. The Hall–Kier alpha value is -11.1. The molecule has 92 heavy (non-hydrogen) atoms. The largest absolute Gasteiger partial charge is 0.505 e. The zero-order chi connectivity index (χ0) is 68.2. The molecule has 7 N–H and O–H groups in total. The molecule has 0 aliphatic carbocycles. The van der Waals surface area contributed by atoms with E-state index in [4.69, 9.17) is 51.8 Å². The summed E-state index contributed by atoms with van der Waals surface area (Å²) in [6.45, 7) is 8.31. The molecule has 0 radical (unpaired) electrons. The van der Waals surface area contributed by atoms with Crippen LogP contribution in [0.2, 0.25) is 0 Å². The van der Waals surface area contributed by atoms with Gasteiger partial charge in [0.1, 0.15) is 0 Å². The number of piperidine rings is 2. The number of aromatic nitrogens is 2. The minimum absolute atomic E-state index is 0.0155. The molecule has 9 rings (SSSR count). The summed E-state index contributed by atoms with van der Waals surface area (Å²) in [5.74, 6) is -3.54. The molecule has 2 aliphatic rings. The maximum Gasteiger partial charge on any atom is 0.306 e. The second-order valence-corrected chi connectivity index (χ2v) is 19.3. The van der Waals surface area contributed by atoms with Crippen LogP contribution in [0.25, 0.3) is 11.4 Å². The molecule has 1 aromatic heterocycles. The number of phenols is 1. The number of alkyl halides is 1. The van der Waals surface area contributed by atoms with Gasteiger partial charge >= 0.3 is 5.97 Å². The highest BCUT2D eigenvalue weighted by Crippen LogP contribution is 2.30. The smallest absolute Gasteiger partial charge is 0.306 e. The summed E-state index contributed by atoms with van der Waals surface area (Å²) in [4.78, 5) is 67.0. The second kappa shape index (κ2) is 39.0. The number of hydrogen-bond donors (Lipinski definition) is 6. The number of nitriles is 2. The van der Waals surface area contributed by atoms with Crippen molar-refractivity contribution in [2.75, 3.05) is 66.2 Å². The van der Waals surface area contributed by atoms with Gasteiger partial charge in [0.25, 0.3) is 11.8 Å². The van der Waals surface area contributed by atoms with Gasteiger partial charge in [-0.2, -0.15) is 15.5 Å². The molecule has 22 nitrogen and oxygen atoms in total. The first-order valence-corrected chi connectivity index (χ1v) is 28.4. The number of halogens is 5. The maximum absolute atomic E-state index is 14.1. The average Bonchev–Trinajstić information content (AvgIpc) is 1.82. The van der Waals surface area contributed by atoms with Crippen molar-refractivity contribution in [1.82, 2.24) is 30.6 Å². The van der Waals surface area contributed by atoms with Gasteiger partial charge in [-0.3, -0.25) is 28.4 Å². The Morgan fingerprint density at radius 3 is 1.51 bits per heavy atom. The van der Waals surface area contributed by atoms with Gasteiger partial charge in [-0.15, -0.1) is 0 Å². The lowest BCUT2D eigenvalue weighted by atomic mass is 9.96. The number of likely N-dealkylation sites (tertiary alicyclic amines) is 2. The van der Waals surface area contributed by atoms with Gasteiger partial charge in [0.05, 0.1) is 70.6 Å². The van der Waals surface area contributed by atoms with Gasteiger partial charge in [-0.1, -0.05) is 46.7 Å². The molecule has 2 fully saturated rings. The monoisotopic (exact) mass is 1280 g/mol. The third kappa shape index (κ3) is 23.5. The Morgan fingerprint density at radius 1 is 0.652 bits per heavy atom. The summed E-state index contributed by atoms with van der Waals surface area (Å²) in [6.07, 6.45) is 2.26. The Morgan fingerprint density at radius 2 is 1.09 bits per heavy atom. The number of nitrogens with one attached hydrogen (secondary N) is 2. The van der Waals surface area contributed by atoms with E-state index < -0.39 is 42.1 Å². The highest BCUT2D eigenvalue weighted by Gasteiger charge is 2.29. The molecule has 0 saturated carbocycles. The van der Waals surface area contributed by atoms with E-state index in [9.17, 15) is 45.9 Å². The van der Waals surface area contributed by atoms with Gasteiger partial charge in [0.15, 0.2) is 52.1 Å². The van der Waals surface area contributed by atoms with E-state index in [-0.39, 0.29) is 77.2 Å². The van der Waals surface area contributed by atoms with E-state index in [0.29, 0.717) is 111 Å². The Kier molecular flexibility index (Phi) is 30.4. The van der Waals surface area contributed by atoms with Crippen LogP contribution in [0.4, 0.5) is 22.0 Å². The van der Waals surface area contributed by atoms with Crippen LogP contribution in [0.1, 0.15) is 97.0 Å². The van der Waals surface area contributed by atoms with Gasteiger partial charge in [-0.25, -0.2) is 17.6 Å². The molecule has 3 heterocycles. The van der Waals surface area contributed by atoms with E-state index in [2.05, 4.69) is 25.9 Å². The molecule has 0 atom stereocenters. The molecule has 2 saturated heterocycles. The average molecular weight is 1280 g/mol. The molecule has 4 amide bonds. The lowest BCUT2D eigenvalue weighted by molar-refractivity contribution is -0.145. The number of nitrogens with two attached hydrogens (primary N) is 1. The van der Waals surface area contributed by atoms with Crippen molar-refractivity contribution >= 4 is 35.4 Å². The topological polar surface area (TPSA) is 329 Å².